The Morgan fingerprint density at radius 2 is 1.33 bits per heavy atom. The van der Waals surface area contributed by atoms with Gasteiger partial charge in [-0.15, -0.1) is 0 Å². The van der Waals surface area contributed by atoms with E-state index < -0.39 is 0 Å². The van der Waals surface area contributed by atoms with Crippen LogP contribution in [0, 0.1) is 0 Å². The number of unbranched alkanes of at least 4 members (excludes halogenated alkanes) is 1. The number of hydrogen-bond donors (Lipinski definition) is 0. The van der Waals surface area contributed by atoms with Crippen LogP contribution in [0.3, 0.4) is 0 Å². The molecule has 0 rings (SSSR count). The maximum Gasteiger partial charge on any atom is 1.00 e. The summed E-state index contributed by atoms with van der Waals surface area (Å²) in [4.78, 5) is 0. The molecule has 0 atom stereocenters. The summed E-state index contributed by atoms with van der Waals surface area (Å²) in [7, 11) is 0. The van der Waals surface area contributed by atoms with Gasteiger partial charge < -0.3 is 1.43 Å². The van der Waals surface area contributed by atoms with Crippen LogP contribution in [0.5, 0.6) is 0 Å². The molecule has 0 N–H and O–H groups in total. The zero-order chi connectivity index (χ0) is 3.41. The number of rotatable bonds is 1. The second-order valence-electron chi connectivity index (χ2n) is 1.000. The Morgan fingerprint density at radius 3 is 1.33 bits per heavy atom. The molecule has 0 aromatic carbocycles. The van der Waals surface area contributed by atoms with E-state index in [-0.39, 0.29) is 48.3 Å². The second kappa shape index (κ2) is 16.0. The summed E-state index contributed by atoms with van der Waals surface area (Å²) in [6, 6.07) is 0. The molecule has 0 bridgehead atoms. The molecule has 2 heteroatoms. The maximum atomic E-state index is 2.18. The Kier molecular flexibility index (Phi) is 41.8. The van der Waals surface area contributed by atoms with Crippen molar-refractivity contribution in [2.75, 3.05) is 0 Å². The maximum absolute atomic E-state index is 2.18. The van der Waals surface area contributed by atoms with Crippen LogP contribution < -0.4 is 29.6 Å². The van der Waals surface area contributed by atoms with E-state index in [4.69, 9.17) is 0 Å². The molecular weight excluding hydrogens is 98.0 g/mol. The summed E-state index contributed by atoms with van der Waals surface area (Å²) in [6.45, 7) is 4.36. The van der Waals surface area contributed by atoms with Gasteiger partial charge >= 0.3 is 29.6 Å². The van der Waals surface area contributed by atoms with Gasteiger partial charge in [0.25, 0.3) is 0 Å². The monoisotopic (exact) mass is 112 g/mol. The Hall–Kier alpha value is 1.53. The summed E-state index contributed by atoms with van der Waals surface area (Å²) in [5.41, 5.74) is 0. The molecule has 0 nitrogen and oxygen atoms in total. The summed E-state index contributed by atoms with van der Waals surface area (Å²) in [5, 5.41) is 0. The normalized spacial score (nSPS) is 5.00. The molecule has 0 aliphatic rings. The van der Waals surface area contributed by atoms with Crippen LogP contribution in [0.1, 0.15) is 28.1 Å². The van der Waals surface area contributed by atoms with E-state index in [0.717, 1.165) is 0 Å². The molecule has 0 aromatic heterocycles. The van der Waals surface area contributed by atoms with Crippen molar-refractivity contribution in [3.63, 3.8) is 0 Å². The first-order valence-electron chi connectivity index (χ1n) is 1.91. The van der Waals surface area contributed by atoms with Gasteiger partial charge in [-0.05, 0) is 0 Å². The minimum atomic E-state index is 0. The van der Waals surface area contributed by atoms with Crippen molar-refractivity contribution in [1.82, 2.24) is 0 Å². The first-order valence-corrected chi connectivity index (χ1v) is 1.91. The third-order valence-electron chi connectivity index (χ3n) is 0.500. The molecule has 34 valence electrons. The molecule has 0 amide bonds. The third-order valence-corrected chi connectivity index (χ3v) is 0.500. The molecule has 0 spiro atoms. The predicted octanol–water partition coefficient (Wildman–Crippen LogP) is -2.26. The Morgan fingerprint density at radius 1 is 1.17 bits per heavy atom. The smallest absolute Gasteiger partial charge is 1.00 e. The fourth-order valence-electron chi connectivity index (χ4n) is 0. The van der Waals surface area contributed by atoms with E-state index in [0.29, 0.717) is 0 Å². The molecule has 0 radical (unpaired) electrons. The summed E-state index contributed by atoms with van der Waals surface area (Å²) in [5.74, 6) is 0. The summed E-state index contributed by atoms with van der Waals surface area (Å²) >= 11 is 0. The van der Waals surface area contributed by atoms with Crippen LogP contribution >= 0.6 is 0 Å². The molecule has 0 unspecified atom stereocenters. The van der Waals surface area contributed by atoms with Crippen molar-refractivity contribution >= 4 is 17.4 Å². The van der Waals surface area contributed by atoms with Gasteiger partial charge in [0, 0.05) is 0 Å². The van der Waals surface area contributed by atoms with E-state index in [2.05, 4.69) is 13.8 Å². The van der Waals surface area contributed by atoms with Gasteiger partial charge in [-0.25, -0.2) is 0 Å². The van der Waals surface area contributed by atoms with E-state index in [1.165, 1.54) is 12.8 Å². The van der Waals surface area contributed by atoms with E-state index in [1.54, 1.807) is 0 Å². The van der Waals surface area contributed by atoms with Crippen LogP contribution in [0.4, 0.5) is 0 Å². The van der Waals surface area contributed by atoms with Gasteiger partial charge in [-0.2, -0.15) is 0 Å². The fraction of sp³-hybridized carbons (Fsp3) is 1.00. The molecule has 0 aliphatic heterocycles. The van der Waals surface area contributed by atoms with Gasteiger partial charge in [-0.3, -0.25) is 0 Å². The minimum Gasteiger partial charge on any atom is -1.00 e. The van der Waals surface area contributed by atoms with E-state index >= 15 is 0 Å². The minimum absolute atomic E-state index is 0. The Balaban J connectivity index is -0.0000000150. The molecule has 0 aliphatic carbocycles. The van der Waals surface area contributed by atoms with Crippen molar-refractivity contribution in [2.24, 2.45) is 0 Å². The zero-order valence-corrected chi connectivity index (χ0v) is 6.41. The van der Waals surface area contributed by atoms with Crippen molar-refractivity contribution in [2.45, 2.75) is 26.7 Å². The quantitative estimate of drug-likeness (QED) is 0.336. The van der Waals surface area contributed by atoms with Gasteiger partial charge in [0.05, 0.1) is 0 Å². The van der Waals surface area contributed by atoms with Crippen molar-refractivity contribution < 1.29 is 31.0 Å². The van der Waals surface area contributed by atoms with Gasteiger partial charge in [0.2, 0.25) is 0 Å². The molecule has 0 aromatic rings. The molecular formula is C4H14AlNa. The molecule has 0 fully saturated rings. The van der Waals surface area contributed by atoms with E-state index in [1.807, 2.05) is 0 Å². The fourth-order valence-corrected chi connectivity index (χ4v) is 0. The van der Waals surface area contributed by atoms with Gasteiger partial charge in [0.15, 0.2) is 17.4 Å². The average molecular weight is 112 g/mol. The molecule has 0 saturated carbocycles. The SMILES string of the molecule is CCCC.[AlH3].[H-].[Na+]. The summed E-state index contributed by atoms with van der Waals surface area (Å²) in [6.07, 6.45) is 2.64. The molecule has 6 heavy (non-hydrogen) atoms. The predicted molar refractivity (Wildman–Crippen MR) is 31.6 cm³/mol. The van der Waals surface area contributed by atoms with Gasteiger partial charge in [0.1, 0.15) is 0 Å². The standard InChI is InChI=1S/C4H10.Al.Na.4H/c1-3-4-2;;;;;;/h3-4H2,1-2H3;;;;;;/q;;+1;;;;-1. The first-order chi connectivity index (χ1) is 1.91. The van der Waals surface area contributed by atoms with Crippen molar-refractivity contribution in [3.05, 3.63) is 0 Å². The second-order valence-corrected chi connectivity index (χ2v) is 1.000. The van der Waals surface area contributed by atoms with Gasteiger partial charge in [-0.1, -0.05) is 26.7 Å². The van der Waals surface area contributed by atoms with Crippen LogP contribution in [0.25, 0.3) is 0 Å². The third kappa shape index (κ3) is 17.7. The van der Waals surface area contributed by atoms with Crippen molar-refractivity contribution in [3.8, 4) is 0 Å². The van der Waals surface area contributed by atoms with Crippen LogP contribution in [-0.2, 0) is 0 Å². The topological polar surface area (TPSA) is 0 Å². The van der Waals surface area contributed by atoms with Crippen LogP contribution in [-0.4, -0.2) is 17.4 Å². The zero-order valence-electron chi connectivity index (χ0n) is 5.41. The Labute approximate surface area is 74.6 Å². The summed E-state index contributed by atoms with van der Waals surface area (Å²) < 4.78 is 0. The number of hydrogen-bond acceptors (Lipinski definition) is 0. The first kappa shape index (κ1) is 15.6. The molecule has 0 saturated heterocycles. The van der Waals surface area contributed by atoms with Crippen LogP contribution in [0.2, 0.25) is 0 Å². The largest absolute Gasteiger partial charge is 1.00 e. The Bertz CT molecular complexity index is 13.7. The van der Waals surface area contributed by atoms with Crippen molar-refractivity contribution in [1.29, 1.82) is 0 Å². The van der Waals surface area contributed by atoms with Crippen LogP contribution in [0.15, 0.2) is 0 Å². The molecule has 0 heterocycles. The average Bonchev–Trinajstić information content (AvgIpc) is 1.37. The van der Waals surface area contributed by atoms with E-state index in [9.17, 15) is 0 Å².